The minimum atomic E-state index is -0.654. The average Bonchev–Trinajstić information content (AvgIpc) is 2.08. The van der Waals surface area contributed by atoms with Crippen molar-refractivity contribution in [3.63, 3.8) is 0 Å². The summed E-state index contributed by atoms with van der Waals surface area (Å²) in [6.45, 7) is 0. The van der Waals surface area contributed by atoms with Crippen molar-refractivity contribution >= 4 is 23.3 Å². The van der Waals surface area contributed by atoms with Gasteiger partial charge in [-0.15, -0.1) is 0 Å². The van der Waals surface area contributed by atoms with Crippen LogP contribution in [-0.2, 0) is 0 Å². The molecule has 12 heavy (non-hydrogen) atoms. The van der Waals surface area contributed by atoms with Crippen LogP contribution in [0.25, 0.3) is 0 Å². The lowest BCUT2D eigenvalue weighted by Crippen LogP contribution is -2.49. The zero-order valence-electron chi connectivity index (χ0n) is 6.02. The Morgan fingerprint density at radius 3 is 1.50 bits per heavy atom. The molecular weight excluding hydrogens is 164 g/mol. The summed E-state index contributed by atoms with van der Waals surface area (Å²) >= 11 is 0. The van der Waals surface area contributed by atoms with Gasteiger partial charge in [-0.25, -0.2) is 5.73 Å². The van der Waals surface area contributed by atoms with E-state index in [2.05, 4.69) is 0 Å². The second-order valence-electron chi connectivity index (χ2n) is 2.13. The van der Waals surface area contributed by atoms with Gasteiger partial charge < -0.3 is 21.9 Å². The van der Waals surface area contributed by atoms with Gasteiger partial charge in [0.15, 0.2) is 5.69 Å². The number of nitrogen functional groups attached to an aromatic ring is 4. The van der Waals surface area contributed by atoms with Gasteiger partial charge >= 0.3 is 11.8 Å². The molecule has 66 valence electrons. The summed E-state index contributed by atoms with van der Waals surface area (Å²) in [6, 6.07) is 0. The fourth-order valence-electron chi connectivity index (χ4n) is 0.679. The molecule has 1 aromatic heterocycles. The first-order valence-corrected chi connectivity index (χ1v) is 2.91. The van der Waals surface area contributed by atoms with Crippen LogP contribution < -0.4 is 32.4 Å². The predicted octanol–water partition coefficient (Wildman–Crippen LogP) is -2.72. The maximum atomic E-state index is 10.9. The smallest absolute Gasteiger partial charge is 0.451 e. The molecule has 0 radical (unpaired) electrons. The molecule has 0 saturated carbocycles. The van der Waals surface area contributed by atoms with E-state index in [-0.39, 0.29) is 26.8 Å². The lowest BCUT2D eigenvalue weighted by Gasteiger charge is -2.13. The third-order valence-corrected chi connectivity index (χ3v) is 1.41. The van der Waals surface area contributed by atoms with Gasteiger partial charge in [0.1, 0.15) is 0 Å². The number of nitrogens with two attached hydrogens (primary N) is 4. The normalized spacial score (nSPS) is 10.0. The zero-order valence-corrected chi connectivity index (χ0v) is 6.02. The van der Waals surface area contributed by atoms with E-state index >= 15 is 0 Å². The molecule has 0 aliphatic rings. The van der Waals surface area contributed by atoms with Crippen LogP contribution >= 0.6 is 0 Å². The fraction of sp³-hybridized carbons (Fsp3) is 0. The van der Waals surface area contributed by atoms with Crippen molar-refractivity contribution in [2.45, 2.75) is 0 Å². The lowest BCUT2D eigenvalue weighted by molar-refractivity contribution is -0.701. The highest BCUT2D eigenvalue weighted by molar-refractivity contribution is 5.66. The molecule has 1 aromatic rings. The molecule has 8 nitrogen and oxygen atoms in total. The first kappa shape index (κ1) is 7.98. The number of anilines is 4. The van der Waals surface area contributed by atoms with E-state index in [1.54, 1.807) is 0 Å². The highest BCUT2D eigenvalue weighted by Crippen LogP contribution is 2.14. The second kappa shape index (κ2) is 2.19. The topological polar surface area (TPSA) is 158 Å². The van der Waals surface area contributed by atoms with Gasteiger partial charge in [0.25, 0.3) is 0 Å². The molecule has 0 unspecified atom stereocenters. The molecule has 0 atom stereocenters. The van der Waals surface area contributed by atoms with Crippen molar-refractivity contribution in [2.75, 3.05) is 22.9 Å². The van der Waals surface area contributed by atoms with E-state index in [4.69, 9.17) is 22.9 Å². The molecule has 0 aliphatic heterocycles. The minimum absolute atomic E-state index is 0.0126. The average molecular weight is 172 g/mol. The molecule has 8 N–H and O–H groups in total. The summed E-state index contributed by atoms with van der Waals surface area (Å²) in [7, 11) is 0. The number of hydrogen-bond donors (Lipinski definition) is 4. The molecule has 0 amide bonds. The molecule has 0 bridgehead atoms. The quantitative estimate of drug-likeness (QED) is 0.246. The highest BCUT2D eigenvalue weighted by Gasteiger charge is 2.19. The number of nitrogens with zero attached hydrogens (tertiary/aromatic N) is 2. The van der Waals surface area contributed by atoms with Crippen molar-refractivity contribution < 1.29 is 9.46 Å². The first-order valence-electron chi connectivity index (χ1n) is 2.91. The van der Waals surface area contributed by atoms with Gasteiger partial charge in [-0.1, -0.05) is 0 Å². The SMILES string of the molecule is Nc1c(N)[n+]([O-])c(N)[n+]([O-])c1N. The minimum Gasteiger partial charge on any atom is -0.706 e. The van der Waals surface area contributed by atoms with Crippen LogP contribution in [0.4, 0.5) is 23.3 Å². The molecule has 0 aliphatic carbocycles. The Morgan fingerprint density at radius 2 is 1.17 bits per heavy atom. The number of hydrogen-bond acceptors (Lipinski definition) is 6. The molecule has 0 aromatic carbocycles. The maximum absolute atomic E-state index is 10.9. The number of rotatable bonds is 0. The van der Waals surface area contributed by atoms with Crippen LogP contribution in [0.15, 0.2) is 0 Å². The van der Waals surface area contributed by atoms with Crippen molar-refractivity contribution in [3.05, 3.63) is 10.4 Å². The fourth-order valence-corrected chi connectivity index (χ4v) is 0.679. The van der Waals surface area contributed by atoms with E-state index in [0.717, 1.165) is 0 Å². The van der Waals surface area contributed by atoms with Crippen LogP contribution in [0.5, 0.6) is 0 Å². The summed E-state index contributed by atoms with van der Waals surface area (Å²) in [4.78, 5) is 0. The highest BCUT2D eigenvalue weighted by atomic mass is 16.5. The van der Waals surface area contributed by atoms with E-state index in [9.17, 15) is 10.4 Å². The summed E-state index contributed by atoms with van der Waals surface area (Å²) < 4.78 is 0.0252. The van der Waals surface area contributed by atoms with Crippen molar-refractivity contribution in [3.8, 4) is 0 Å². The van der Waals surface area contributed by atoms with Crippen LogP contribution in [0.1, 0.15) is 0 Å². The molecule has 0 fully saturated rings. The molecule has 0 spiro atoms. The Kier molecular flexibility index (Phi) is 1.45. The summed E-state index contributed by atoms with van der Waals surface area (Å²) in [5, 5.41) is 21.7. The van der Waals surface area contributed by atoms with Crippen LogP contribution in [0, 0.1) is 10.4 Å². The second-order valence-corrected chi connectivity index (χ2v) is 2.13. The van der Waals surface area contributed by atoms with Crippen molar-refractivity contribution in [1.82, 2.24) is 0 Å². The van der Waals surface area contributed by atoms with E-state index < -0.39 is 5.95 Å². The Hall–Kier alpha value is -2.12. The zero-order chi connectivity index (χ0) is 9.46. The van der Waals surface area contributed by atoms with Gasteiger partial charge in [-0.05, 0) is 0 Å². The van der Waals surface area contributed by atoms with Gasteiger partial charge in [-0.3, -0.25) is 5.73 Å². The standard InChI is InChI=1S/C4H8N6O2/c5-1-2(6)9(11)4(8)10(12)3(1)7/h5-8H2. The third-order valence-electron chi connectivity index (χ3n) is 1.41. The van der Waals surface area contributed by atoms with E-state index in [0.29, 0.717) is 0 Å². The van der Waals surface area contributed by atoms with Gasteiger partial charge in [0.2, 0.25) is 5.82 Å². The number of aromatic nitrogens is 2. The van der Waals surface area contributed by atoms with Crippen LogP contribution in [0.2, 0.25) is 0 Å². The van der Waals surface area contributed by atoms with Gasteiger partial charge in [0.05, 0.1) is 0 Å². The molecule has 0 saturated heterocycles. The first-order chi connectivity index (χ1) is 5.46. The largest absolute Gasteiger partial charge is 0.706 e. The predicted molar refractivity (Wildman–Crippen MR) is 42.0 cm³/mol. The van der Waals surface area contributed by atoms with Gasteiger partial charge in [0, 0.05) is 0 Å². The third kappa shape index (κ3) is 0.779. The Balaban J connectivity index is 3.60. The van der Waals surface area contributed by atoms with Gasteiger partial charge in [-0.2, -0.15) is 9.46 Å². The Bertz CT molecular complexity index is 232. The summed E-state index contributed by atoms with van der Waals surface area (Å²) in [6.07, 6.45) is 0. The summed E-state index contributed by atoms with van der Waals surface area (Å²) in [5.74, 6) is -1.41. The van der Waals surface area contributed by atoms with E-state index in [1.807, 2.05) is 0 Å². The van der Waals surface area contributed by atoms with Crippen LogP contribution in [0.3, 0.4) is 0 Å². The molecule has 1 heterocycles. The molecule has 1 rings (SSSR count). The maximum Gasteiger partial charge on any atom is 0.451 e. The Morgan fingerprint density at radius 1 is 0.833 bits per heavy atom. The monoisotopic (exact) mass is 172 g/mol. The van der Waals surface area contributed by atoms with Crippen LogP contribution in [-0.4, -0.2) is 0 Å². The molecular formula is C4H8N6O2. The van der Waals surface area contributed by atoms with Crippen molar-refractivity contribution in [1.29, 1.82) is 0 Å². The molecule has 8 heteroatoms. The lowest BCUT2D eigenvalue weighted by atomic mass is 10.4. The summed E-state index contributed by atoms with van der Waals surface area (Å²) in [5.41, 5.74) is 20.3. The Labute approximate surface area is 67.1 Å². The van der Waals surface area contributed by atoms with Crippen molar-refractivity contribution in [2.24, 2.45) is 0 Å². The van der Waals surface area contributed by atoms with E-state index in [1.165, 1.54) is 0 Å².